The van der Waals surface area contributed by atoms with Gasteiger partial charge in [-0.1, -0.05) is 13.5 Å². The van der Waals surface area contributed by atoms with Crippen LogP contribution in [0.3, 0.4) is 0 Å². The molecule has 1 rings (SSSR count). The second-order valence-electron chi connectivity index (χ2n) is 5.22. The fraction of sp³-hybridized carbons (Fsp3) is 0.750. The van der Waals surface area contributed by atoms with Gasteiger partial charge in [0, 0.05) is 24.8 Å². The van der Waals surface area contributed by atoms with Crippen molar-refractivity contribution in [1.82, 2.24) is 0 Å². The summed E-state index contributed by atoms with van der Waals surface area (Å²) in [6, 6.07) is 0. The maximum atomic E-state index is 12.9. The van der Waals surface area contributed by atoms with Crippen molar-refractivity contribution in [3.05, 3.63) is 12.2 Å². The minimum absolute atomic E-state index is 0.163. The lowest BCUT2D eigenvalue weighted by Gasteiger charge is -2.35. The van der Waals surface area contributed by atoms with Gasteiger partial charge in [0.2, 0.25) is 5.79 Å². The smallest absolute Gasteiger partial charge is 0.426 e. The molecule has 0 aromatic carbocycles. The Hall–Kier alpha value is -1.25. The number of rotatable bonds is 2. The molecule has 0 saturated carbocycles. The van der Waals surface area contributed by atoms with E-state index in [9.17, 15) is 31.1 Å². The molecule has 0 aromatic rings. The van der Waals surface area contributed by atoms with Gasteiger partial charge in [0.05, 0.1) is 0 Å². The zero-order valence-electron chi connectivity index (χ0n) is 11.5. The standard InChI is InChI=1S/C12H14F6O3/c1-6(2)8(19)20-9(4)7(3)5-10(21-9,11(13,14)15)12(16,17)18/h7H,1,5H2,2-4H3. The van der Waals surface area contributed by atoms with E-state index < -0.39 is 42.0 Å². The number of halogens is 6. The number of hydrogen-bond donors (Lipinski definition) is 0. The van der Waals surface area contributed by atoms with Crippen LogP contribution in [0.1, 0.15) is 27.2 Å². The van der Waals surface area contributed by atoms with E-state index in [1.807, 2.05) is 0 Å². The average Bonchev–Trinajstić information content (AvgIpc) is 2.50. The third-order valence-electron chi connectivity index (χ3n) is 3.43. The van der Waals surface area contributed by atoms with Gasteiger partial charge < -0.3 is 9.47 Å². The molecule has 3 nitrogen and oxygen atoms in total. The Balaban J connectivity index is 3.22. The van der Waals surface area contributed by atoms with Gasteiger partial charge in [-0.05, 0) is 6.92 Å². The highest BCUT2D eigenvalue weighted by Crippen LogP contribution is 2.57. The fourth-order valence-electron chi connectivity index (χ4n) is 2.01. The van der Waals surface area contributed by atoms with E-state index in [1.54, 1.807) is 0 Å². The molecule has 0 amide bonds. The topological polar surface area (TPSA) is 35.5 Å². The molecule has 2 unspecified atom stereocenters. The zero-order valence-corrected chi connectivity index (χ0v) is 11.5. The van der Waals surface area contributed by atoms with E-state index in [0.29, 0.717) is 0 Å². The summed E-state index contributed by atoms with van der Waals surface area (Å²) in [7, 11) is 0. The van der Waals surface area contributed by atoms with Crippen LogP contribution in [0.25, 0.3) is 0 Å². The highest BCUT2D eigenvalue weighted by Gasteiger charge is 2.78. The predicted octanol–water partition coefficient (Wildman–Crippen LogP) is 3.74. The van der Waals surface area contributed by atoms with E-state index in [4.69, 9.17) is 0 Å². The van der Waals surface area contributed by atoms with E-state index in [0.717, 1.165) is 13.8 Å². The van der Waals surface area contributed by atoms with Gasteiger partial charge in [0.25, 0.3) is 5.60 Å². The van der Waals surface area contributed by atoms with Gasteiger partial charge in [-0.2, -0.15) is 26.3 Å². The molecule has 1 heterocycles. The SMILES string of the molecule is C=C(C)C(=O)OC1(C)OC(C(F)(F)F)(C(F)(F)F)CC1C. The van der Waals surface area contributed by atoms with Gasteiger partial charge in [-0.15, -0.1) is 0 Å². The second kappa shape index (κ2) is 4.89. The Kier molecular flexibility index (Phi) is 4.15. The van der Waals surface area contributed by atoms with Gasteiger partial charge in [-0.25, -0.2) is 4.79 Å². The quantitative estimate of drug-likeness (QED) is 0.442. The van der Waals surface area contributed by atoms with Crippen LogP contribution in [-0.4, -0.2) is 29.7 Å². The molecule has 0 radical (unpaired) electrons. The van der Waals surface area contributed by atoms with E-state index in [1.165, 1.54) is 6.92 Å². The maximum absolute atomic E-state index is 12.9. The molecule has 0 N–H and O–H groups in total. The molecule has 0 aromatic heterocycles. The molecular formula is C12H14F6O3. The summed E-state index contributed by atoms with van der Waals surface area (Å²) >= 11 is 0. The summed E-state index contributed by atoms with van der Waals surface area (Å²) in [5, 5.41) is 0. The summed E-state index contributed by atoms with van der Waals surface area (Å²) in [6.45, 7) is 6.39. The van der Waals surface area contributed by atoms with Crippen molar-refractivity contribution in [1.29, 1.82) is 0 Å². The lowest BCUT2D eigenvalue weighted by atomic mass is 9.91. The third kappa shape index (κ3) is 2.88. The predicted molar refractivity (Wildman–Crippen MR) is 59.0 cm³/mol. The molecule has 21 heavy (non-hydrogen) atoms. The van der Waals surface area contributed by atoms with Crippen LogP contribution in [0.2, 0.25) is 0 Å². The molecule has 1 saturated heterocycles. The minimum Gasteiger partial charge on any atom is -0.430 e. The zero-order chi connectivity index (χ0) is 16.9. The molecule has 1 fully saturated rings. The second-order valence-corrected chi connectivity index (χ2v) is 5.22. The van der Waals surface area contributed by atoms with E-state index in [-0.39, 0.29) is 5.57 Å². The van der Waals surface area contributed by atoms with Gasteiger partial charge in [0.15, 0.2) is 0 Å². The average molecular weight is 320 g/mol. The Morgan fingerprint density at radius 2 is 1.67 bits per heavy atom. The summed E-state index contributed by atoms with van der Waals surface area (Å²) in [5.74, 6) is -4.78. The number of alkyl halides is 6. The van der Waals surface area contributed by atoms with Crippen LogP contribution in [0.4, 0.5) is 26.3 Å². The monoisotopic (exact) mass is 320 g/mol. The van der Waals surface area contributed by atoms with Crippen molar-refractivity contribution in [3.63, 3.8) is 0 Å². The van der Waals surface area contributed by atoms with Crippen LogP contribution >= 0.6 is 0 Å². The summed E-state index contributed by atoms with van der Waals surface area (Å²) in [6.07, 6.45) is -12.8. The molecule has 1 aliphatic rings. The lowest BCUT2D eigenvalue weighted by molar-refractivity contribution is -0.400. The molecule has 1 aliphatic heterocycles. The summed E-state index contributed by atoms with van der Waals surface area (Å²) in [5.41, 5.74) is -4.52. The molecule has 122 valence electrons. The first kappa shape index (κ1) is 17.8. The minimum atomic E-state index is -5.69. The Morgan fingerprint density at radius 1 is 1.24 bits per heavy atom. The number of carbonyl (C=O) groups is 1. The molecular weight excluding hydrogens is 306 g/mol. The van der Waals surface area contributed by atoms with E-state index >= 15 is 0 Å². The van der Waals surface area contributed by atoms with Gasteiger partial charge >= 0.3 is 18.3 Å². The van der Waals surface area contributed by atoms with Crippen LogP contribution in [0.5, 0.6) is 0 Å². The van der Waals surface area contributed by atoms with Crippen molar-refractivity contribution < 1.29 is 40.6 Å². The van der Waals surface area contributed by atoms with Crippen molar-refractivity contribution in [2.24, 2.45) is 5.92 Å². The molecule has 0 aliphatic carbocycles. The highest BCUT2D eigenvalue weighted by molar-refractivity contribution is 5.87. The lowest BCUT2D eigenvalue weighted by Crippen LogP contribution is -2.58. The first-order valence-electron chi connectivity index (χ1n) is 5.89. The number of ether oxygens (including phenoxy) is 2. The normalized spacial score (nSPS) is 29.3. The molecule has 0 spiro atoms. The van der Waals surface area contributed by atoms with Crippen molar-refractivity contribution in [2.45, 2.75) is 50.9 Å². The molecule has 2 atom stereocenters. The van der Waals surface area contributed by atoms with Crippen LogP contribution in [0, 0.1) is 5.92 Å². The highest BCUT2D eigenvalue weighted by atomic mass is 19.4. The van der Waals surface area contributed by atoms with Crippen LogP contribution in [0.15, 0.2) is 12.2 Å². The summed E-state index contributed by atoms with van der Waals surface area (Å²) < 4.78 is 86.5. The number of hydrogen-bond acceptors (Lipinski definition) is 3. The Morgan fingerprint density at radius 3 is 1.95 bits per heavy atom. The largest absolute Gasteiger partial charge is 0.430 e. The fourth-order valence-corrected chi connectivity index (χ4v) is 2.01. The molecule has 9 heteroatoms. The number of esters is 1. The molecule has 0 bridgehead atoms. The van der Waals surface area contributed by atoms with Gasteiger partial charge in [-0.3, -0.25) is 0 Å². The Labute approximate surface area is 116 Å². The van der Waals surface area contributed by atoms with Crippen molar-refractivity contribution >= 4 is 5.97 Å². The Bertz CT molecular complexity index is 439. The van der Waals surface area contributed by atoms with E-state index in [2.05, 4.69) is 16.1 Å². The van der Waals surface area contributed by atoms with Gasteiger partial charge in [0.1, 0.15) is 0 Å². The van der Waals surface area contributed by atoms with Crippen LogP contribution in [-0.2, 0) is 14.3 Å². The first-order valence-corrected chi connectivity index (χ1v) is 5.89. The summed E-state index contributed by atoms with van der Waals surface area (Å²) in [4.78, 5) is 11.4. The third-order valence-corrected chi connectivity index (χ3v) is 3.43. The number of carbonyl (C=O) groups excluding carboxylic acids is 1. The first-order chi connectivity index (χ1) is 9.16. The van der Waals surface area contributed by atoms with Crippen LogP contribution < -0.4 is 0 Å². The van der Waals surface area contributed by atoms with Crippen molar-refractivity contribution in [3.8, 4) is 0 Å². The maximum Gasteiger partial charge on any atom is 0.426 e. The van der Waals surface area contributed by atoms with Crippen molar-refractivity contribution in [2.75, 3.05) is 0 Å².